The van der Waals surface area contributed by atoms with E-state index in [9.17, 15) is 0 Å². The highest BCUT2D eigenvalue weighted by Gasteiger charge is 2.64. The summed E-state index contributed by atoms with van der Waals surface area (Å²) in [5.41, 5.74) is 0. The first kappa shape index (κ1) is 9.04. The van der Waals surface area contributed by atoms with Crippen molar-refractivity contribution in [2.24, 2.45) is 29.6 Å². The molecule has 2 bridgehead atoms. The summed E-state index contributed by atoms with van der Waals surface area (Å²) < 4.78 is 0. The molecule has 4 atom stereocenters. The average Bonchev–Trinajstić information content (AvgIpc) is 2.72. The molecular formula is C14H23N. The lowest BCUT2D eigenvalue weighted by Gasteiger charge is -2.14. The van der Waals surface area contributed by atoms with E-state index in [1.165, 1.54) is 44.1 Å². The normalized spacial score (nSPS) is 52.4. The molecule has 4 aliphatic carbocycles. The van der Waals surface area contributed by atoms with Crippen molar-refractivity contribution < 1.29 is 0 Å². The number of hydrogen-bond acceptors (Lipinski definition) is 1. The van der Waals surface area contributed by atoms with Gasteiger partial charge in [-0.25, -0.2) is 0 Å². The van der Waals surface area contributed by atoms with Crippen LogP contribution in [0.3, 0.4) is 0 Å². The quantitative estimate of drug-likeness (QED) is 0.747. The third-order valence-corrected chi connectivity index (χ3v) is 5.89. The summed E-state index contributed by atoms with van der Waals surface area (Å²) in [6, 6.07) is 0.893. The molecule has 1 N–H and O–H groups in total. The standard InChI is InChI=1S/C14H23N/c1-2-4-11(3-1)15-8-12-13-9-5-6-10(7-9)14(12)13/h9-15H,1-8H2. The summed E-state index contributed by atoms with van der Waals surface area (Å²) in [5.74, 6) is 5.79. The smallest absolute Gasteiger partial charge is 0.00671 e. The first-order valence-electron chi connectivity index (χ1n) is 7.17. The van der Waals surface area contributed by atoms with E-state index in [1.807, 2.05) is 0 Å². The van der Waals surface area contributed by atoms with E-state index in [1.54, 1.807) is 19.3 Å². The van der Waals surface area contributed by atoms with Crippen LogP contribution < -0.4 is 5.32 Å². The van der Waals surface area contributed by atoms with Gasteiger partial charge >= 0.3 is 0 Å². The number of hydrogen-bond donors (Lipinski definition) is 1. The molecule has 4 fully saturated rings. The molecule has 4 saturated carbocycles. The Kier molecular flexibility index (Phi) is 1.94. The van der Waals surface area contributed by atoms with Crippen LogP contribution in [0, 0.1) is 29.6 Å². The van der Waals surface area contributed by atoms with Crippen LogP contribution in [0.25, 0.3) is 0 Å². The van der Waals surface area contributed by atoms with Gasteiger partial charge in [0.15, 0.2) is 0 Å². The van der Waals surface area contributed by atoms with Crippen LogP contribution in [-0.4, -0.2) is 12.6 Å². The van der Waals surface area contributed by atoms with Crippen LogP contribution >= 0.6 is 0 Å². The number of nitrogens with one attached hydrogen (secondary N) is 1. The summed E-state index contributed by atoms with van der Waals surface area (Å²) in [5, 5.41) is 3.84. The van der Waals surface area contributed by atoms with Gasteiger partial charge in [-0.05, 0) is 68.2 Å². The van der Waals surface area contributed by atoms with Crippen molar-refractivity contribution in [3.8, 4) is 0 Å². The minimum Gasteiger partial charge on any atom is -0.314 e. The molecule has 15 heavy (non-hydrogen) atoms. The van der Waals surface area contributed by atoms with E-state index < -0.39 is 0 Å². The van der Waals surface area contributed by atoms with Gasteiger partial charge in [-0.3, -0.25) is 0 Å². The zero-order chi connectivity index (χ0) is 9.83. The van der Waals surface area contributed by atoms with Gasteiger partial charge in [0.05, 0.1) is 0 Å². The summed E-state index contributed by atoms with van der Waals surface area (Å²) in [6.07, 6.45) is 10.6. The lowest BCUT2D eigenvalue weighted by Crippen LogP contribution is -2.29. The molecule has 1 nitrogen and oxygen atoms in total. The molecule has 84 valence electrons. The van der Waals surface area contributed by atoms with E-state index >= 15 is 0 Å². The minimum absolute atomic E-state index is 0.893. The average molecular weight is 205 g/mol. The van der Waals surface area contributed by atoms with Gasteiger partial charge in [-0.15, -0.1) is 0 Å². The molecular weight excluding hydrogens is 182 g/mol. The Bertz CT molecular complexity index is 240. The Labute approximate surface area is 93.0 Å². The highest BCUT2D eigenvalue weighted by molar-refractivity contribution is 5.13. The molecule has 1 heteroatoms. The molecule has 0 aromatic rings. The van der Waals surface area contributed by atoms with E-state index in [4.69, 9.17) is 0 Å². The molecule has 0 spiro atoms. The van der Waals surface area contributed by atoms with Crippen molar-refractivity contribution in [3.05, 3.63) is 0 Å². The van der Waals surface area contributed by atoms with Gasteiger partial charge in [-0.2, -0.15) is 0 Å². The van der Waals surface area contributed by atoms with Gasteiger partial charge < -0.3 is 5.32 Å². The molecule has 0 amide bonds. The van der Waals surface area contributed by atoms with Gasteiger partial charge in [0.25, 0.3) is 0 Å². The highest BCUT2D eigenvalue weighted by Crippen LogP contribution is 2.69. The SMILES string of the molecule is C1CCC(NCC2C3C4CCC(C4)C23)C1. The molecule has 0 saturated heterocycles. The first-order chi connectivity index (χ1) is 7.43. The summed E-state index contributed by atoms with van der Waals surface area (Å²) in [7, 11) is 0. The van der Waals surface area contributed by atoms with Crippen LogP contribution in [0.5, 0.6) is 0 Å². The second-order valence-electron chi connectivity index (χ2n) is 6.54. The van der Waals surface area contributed by atoms with Gasteiger partial charge in [0.1, 0.15) is 0 Å². The van der Waals surface area contributed by atoms with Gasteiger partial charge in [0, 0.05) is 6.04 Å². The molecule has 0 aromatic heterocycles. The zero-order valence-electron chi connectivity index (χ0n) is 9.62. The van der Waals surface area contributed by atoms with Gasteiger partial charge in [0.2, 0.25) is 0 Å². The zero-order valence-corrected chi connectivity index (χ0v) is 9.62. The Hall–Kier alpha value is -0.0400. The lowest BCUT2D eigenvalue weighted by molar-refractivity contribution is 0.417. The summed E-state index contributed by atoms with van der Waals surface area (Å²) in [6.45, 7) is 1.37. The van der Waals surface area contributed by atoms with Crippen molar-refractivity contribution in [1.82, 2.24) is 5.32 Å². The Morgan fingerprint density at radius 1 is 0.867 bits per heavy atom. The highest BCUT2D eigenvalue weighted by atomic mass is 14.9. The predicted octanol–water partition coefficient (Wildman–Crippen LogP) is 2.81. The van der Waals surface area contributed by atoms with Gasteiger partial charge in [-0.1, -0.05) is 12.8 Å². The minimum atomic E-state index is 0.893. The maximum atomic E-state index is 3.84. The van der Waals surface area contributed by atoms with Crippen molar-refractivity contribution >= 4 is 0 Å². The van der Waals surface area contributed by atoms with E-state index in [2.05, 4.69) is 5.32 Å². The Balaban J connectivity index is 1.31. The second-order valence-corrected chi connectivity index (χ2v) is 6.54. The van der Waals surface area contributed by atoms with Crippen LogP contribution in [-0.2, 0) is 0 Å². The maximum Gasteiger partial charge on any atom is 0.00671 e. The fraction of sp³-hybridized carbons (Fsp3) is 1.00. The molecule has 0 radical (unpaired) electrons. The van der Waals surface area contributed by atoms with E-state index in [0.29, 0.717) is 0 Å². The topological polar surface area (TPSA) is 12.0 Å². The third-order valence-electron chi connectivity index (χ3n) is 5.89. The summed E-state index contributed by atoms with van der Waals surface area (Å²) in [4.78, 5) is 0. The third kappa shape index (κ3) is 1.32. The van der Waals surface area contributed by atoms with Crippen molar-refractivity contribution in [1.29, 1.82) is 0 Å². The Morgan fingerprint density at radius 2 is 1.53 bits per heavy atom. The van der Waals surface area contributed by atoms with Crippen LogP contribution in [0.2, 0.25) is 0 Å². The number of rotatable bonds is 3. The molecule has 0 aliphatic heterocycles. The first-order valence-corrected chi connectivity index (χ1v) is 7.17. The monoisotopic (exact) mass is 205 g/mol. The molecule has 4 rings (SSSR count). The molecule has 4 unspecified atom stereocenters. The maximum absolute atomic E-state index is 3.84. The van der Waals surface area contributed by atoms with Crippen LogP contribution in [0.15, 0.2) is 0 Å². The van der Waals surface area contributed by atoms with Crippen LogP contribution in [0.1, 0.15) is 44.9 Å². The van der Waals surface area contributed by atoms with Crippen molar-refractivity contribution in [2.75, 3.05) is 6.54 Å². The molecule has 4 aliphatic rings. The Morgan fingerprint density at radius 3 is 2.20 bits per heavy atom. The number of fused-ring (bicyclic) bond motifs is 5. The van der Waals surface area contributed by atoms with Crippen LogP contribution in [0.4, 0.5) is 0 Å². The van der Waals surface area contributed by atoms with Crippen molar-refractivity contribution in [2.45, 2.75) is 51.0 Å². The lowest BCUT2D eigenvalue weighted by atomic mass is 10.0. The van der Waals surface area contributed by atoms with Crippen molar-refractivity contribution in [3.63, 3.8) is 0 Å². The molecule has 0 heterocycles. The largest absolute Gasteiger partial charge is 0.314 e. The second kappa shape index (κ2) is 3.23. The fourth-order valence-electron chi connectivity index (χ4n) is 5.21. The van der Waals surface area contributed by atoms with E-state index in [-0.39, 0.29) is 0 Å². The molecule has 0 aromatic carbocycles. The summed E-state index contributed by atoms with van der Waals surface area (Å²) >= 11 is 0. The predicted molar refractivity (Wildman–Crippen MR) is 61.6 cm³/mol. The van der Waals surface area contributed by atoms with E-state index in [0.717, 1.165) is 23.8 Å². The fourth-order valence-corrected chi connectivity index (χ4v) is 5.21.